The number of aryl methyl sites for hydroxylation is 2. The summed E-state index contributed by atoms with van der Waals surface area (Å²) in [5.74, 6) is 0.248. The fourth-order valence-electron chi connectivity index (χ4n) is 6.64. The molecule has 47 heavy (non-hydrogen) atoms. The molecule has 0 heterocycles. The molecule has 5 rings (SSSR count). The van der Waals surface area contributed by atoms with Crippen LogP contribution >= 0.6 is 0 Å². The molecular weight excluding hydrogens is 567 g/mol. The van der Waals surface area contributed by atoms with Gasteiger partial charge in [0.05, 0.1) is 0 Å². The monoisotopic (exact) mass is 621 g/mol. The van der Waals surface area contributed by atoms with Crippen molar-refractivity contribution in [3.8, 4) is 33.4 Å². The molecule has 0 radical (unpaired) electrons. The summed E-state index contributed by atoms with van der Waals surface area (Å²) in [7, 11) is 0. The smallest absolute Gasteiger partial charge is 0.0166 e. The number of hydrogen-bond donors (Lipinski definition) is 1. The van der Waals surface area contributed by atoms with Gasteiger partial charge in [-0.25, -0.2) is 0 Å². The van der Waals surface area contributed by atoms with E-state index in [0.29, 0.717) is 0 Å². The van der Waals surface area contributed by atoms with Gasteiger partial charge in [0.2, 0.25) is 0 Å². The molecule has 0 saturated carbocycles. The summed E-state index contributed by atoms with van der Waals surface area (Å²) < 4.78 is 0. The second-order valence-electron chi connectivity index (χ2n) is 13.2. The molecule has 0 amide bonds. The Hall–Kier alpha value is -4.20. The van der Waals surface area contributed by atoms with Crippen molar-refractivity contribution in [2.24, 2.45) is 5.73 Å². The highest BCUT2D eigenvalue weighted by atomic mass is 14.7. The molecule has 0 fully saturated rings. The first-order valence-corrected chi connectivity index (χ1v) is 17.6. The van der Waals surface area contributed by atoms with E-state index in [1.807, 2.05) is 19.9 Å². The fourth-order valence-corrected chi connectivity index (χ4v) is 6.64. The highest BCUT2D eigenvalue weighted by Crippen LogP contribution is 2.38. The third kappa shape index (κ3) is 8.99. The van der Waals surface area contributed by atoms with Gasteiger partial charge in [-0.3, -0.25) is 0 Å². The van der Waals surface area contributed by atoms with E-state index >= 15 is 0 Å². The van der Waals surface area contributed by atoms with Gasteiger partial charge < -0.3 is 5.73 Å². The molecule has 2 N–H and O–H groups in total. The molecular formula is C46H55N. The maximum Gasteiger partial charge on any atom is 0.0166 e. The van der Waals surface area contributed by atoms with Gasteiger partial charge in [0.15, 0.2) is 0 Å². The van der Waals surface area contributed by atoms with Crippen LogP contribution in [-0.4, -0.2) is 5.54 Å². The van der Waals surface area contributed by atoms with Crippen LogP contribution in [0.15, 0.2) is 116 Å². The topological polar surface area (TPSA) is 26.0 Å². The van der Waals surface area contributed by atoms with Crippen molar-refractivity contribution >= 4 is 6.08 Å². The van der Waals surface area contributed by atoms with Crippen LogP contribution in [0.4, 0.5) is 0 Å². The maximum absolute atomic E-state index is 6.79. The molecule has 0 spiro atoms. The van der Waals surface area contributed by atoms with E-state index in [1.165, 1.54) is 79.6 Å². The summed E-state index contributed by atoms with van der Waals surface area (Å²) in [5, 5.41) is 0. The molecule has 1 atom stereocenters. The first-order valence-electron chi connectivity index (χ1n) is 17.6. The van der Waals surface area contributed by atoms with Crippen LogP contribution in [0.2, 0.25) is 0 Å². The quantitative estimate of drug-likeness (QED) is 0.147. The zero-order valence-corrected chi connectivity index (χ0v) is 29.9. The average molecular weight is 622 g/mol. The summed E-state index contributed by atoms with van der Waals surface area (Å²) >= 11 is 0. The van der Waals surface area contributed by atoms with E-state index in [-0.39, 0.29) is 11.5 Å². The molecule has 1 unspecified atom stereocenters. The van der Waals surface area contributed by atoms with Gasteiger partial charge in [0.25, 0.3) is 0 Å². The van der Waals surface area contributed by atoms with E-state index in [4.69, 9.17) is 5.73 Å². The van der Waals surface area contributed by atoms with Crippen LogP contribution in [0.5, 0.6) is 0 Å². The van der Waals surface area contributed by atoms with Crippen molar-refractivity contribution in [1.82, 2.24) is 0 Å². The Balaban J connectivity index is 0.00000245. The second kappa shape index (κ2) is 16.6. The van der Waals surface area contributed by atoms with Gasteiger partial charge >= 0.3 is 0 Å². The van der Waals surface area contributed by atoms with Crippen LogP contribution in [-0.2, 0) is 12.8 Å². The Morgan fingerprint density at radius 2 is 1.23 bits per heavy atom. The molecule has 0 saturated heterocycles. The van der Waals surface area contributed by atoms with Crippen LogP contribution in [0, 0.1) is 6.92 Å². The van der Waals surface area contributed by atoms with Crippen LogP contribution < -0.4 is 5.73 Å². The average Bonchev–Trinajstić information content (AvgIpc) is 3.09. The maximum atomic E-state index is 6.79. The number of nitrogens with two attached hydrogens (primary N) is 1. The van der Waals surface area contributed by atoms with E-state index < -0.39 is 0 Å². The van der Waals surface area contributed by atoms with E-state index in [0.717, 1.165) is 19.3 Å². The third-order valence-electron chi connectivity index (χ3n) is 9.24. The van der Waals surface area contributed by atoms with Gasteiger partial charge in [0, 0.05) is 11.5 Å². The SMILES string of the molecule is C=Cc1ccccc1Cc1cc(-c2cc(-c3ccc(C)cc3)cc(-c3ccc(CCCC)cc3)c2)ccc1C(CC)C(C)(C)N.CC. The van der Waals surface area contributed by atoms with Gasteiger partial charge in [-0.2, -0.15) is 0 Å². The van der Waals surface area contributed by atoms with E-state index in [2.05, 4.69) is 150 Å². The number of rotatable bonds is 12. The molecule has 0 aliphatic carbocycles. The first kappa shape index (κ1) is 35.7. The van der Waals surface area contributed by atoms with Crippen molar-refractivity contribution in [2.75, 3.05) is 0 Å². The number of hydrogen-bond acceptors (Lipinski definition) is 1. The zero-order chi connectivity index (χ0) is 34.0. The number of unbranched alkanes of at least 4 members (excludes halogenated alkanes) is 1. The molecule has 0 bridgehead atoms. The van der Waals surface area contributed by atoms with Crippen molar-refractivity contribution < 1.29 is 0 Å². The zero-order valence-electron chi connectivity index (χ0n) is 29.9. The highest BCUT2D eigenvalue weighted by Gasteiger charge is 2.27. The minimum absolute atomic E-state index is 0.248. The van der Waals surface area contributed by atoms with Gasteiger partial charge in [-0.15, -0.1) is 0 Å². The third-order valence-corrected chi connectivity index (χ3v) is 9.24. The summed E-state index contributed by atoms with van der Waals surface area (Å²) in [6.07, 6.45) is 7.36. The van der Waals surface area contributed by atoms with Crippen molar-refractivity contribution in [2.45, 2.75) is 92.0 Å². The van der Waals surface area contributed by atoms with Crippen LogP contribution in [0.3, 0.4) is 0 Å². The molecule has 1 heteroatoms. The lowest BCUT2D eigenvalue weighted by molar-refractivity contribution is 0.399. The highest BCUT2D eigenvalue weighted by molar-refractivity contribution is 5.81. The lowest BCUT2D eigenvalue weighted by Gasteiger charge is -2.32. The van der Waals surface area contributed by atoms with Gasteiger partial charge in [-0.1, -0.05) is 143 Å². The minimum Gasteiger partial charge on any atom is -0.325 e. The lowest BCUT2D eigenvalue weighted by atomic mass is 9.77. The van der Waals surface area contributed by atoms with Crippen molar-refractivity contribution in [3.63, 3.8) is 0 Å². The summed E-state index contributed by atoms with van der Waals surface area (Å²) in [5.41, 5.74) is 21.7. The Kier molecular flexibility index (Phi) is 12.6. The standard InChI is InChI=1S/C44H49N.C2H6/c1-7-10-13-32-18-22-35(23-19-32)39-28-38(34-20-16-31(4)17-21-34)29-40(30-39)37-24-25-42(43(9-3)44(5,6)45)41(27-37)26-36-15-12-11-14-33(36)8-2;1-2/h8,11-12,14-25,27-30,43H,2,7,9-10,13,26,45H2,1,3-6H3;1-2H3. The van der Waals surface area contributed by atoms with E-state index in [9.17, 15) is 0 Å². The molecule has 5 aromatic rings. The predicted octanol–water partition coefficient (Wildman–Crippen LogP) is 12.8. The minimum atomic E-state index is -0.329. The number of benzene rings is 5. The molecule has 5 aromatic carbocycles. The lowest BCUT2D eigenvalue weighted by Crippen LogP contribution is -2.39. The Labute approximate surface area is 285 Å². The van der Waals surface area contributed by atoms with Gasteiger partial charge in [0.1, 0.15) is 0 Å². The molecule has 1 nitrogen and oxygen atoms in total. The summed E-state index contributed by atoms with van der Waals surface area (Å²) in [6, 6.07) is 40.8. The molecule has 0 aromatic heterocycles. The summed E-state index contributed by atoms with van der Waals surface area (Å²) in [6.45, 7) is 19.0. The van der Waals surface area contributed by atoms with E-state index in [1.54, 1.807) is 0 Å². The fraction of sp³-hybridized carbons (Fsp3) is 0.304. The second-order valence-corrected chi connectivity index (χ2v) is 13.2. The Morgan fingerprint density at radius 1 is 0.681 bits per heavy atom. The molecule has 244 valence electrons. The van der Waals surface area contributed by atoms with Crippen LogP contribution in [0.25, 0.3) is 39.5 Å². The van der Waals surface area contributed by atoms with Crippen LogP contribution in [0.1, 0.15) is 100 Å². The largest absolute Gasteiger partial charge is 0.325 e. The summed E-state index contributed by atoms with van der Waals surface area (Å²) in [4.78, 5) is 0. The Bertz CT molecular complexity index is 1730. The molecule has 0 aliphatic rings. The van der Waals surface area contributed by atoms with Crippen molar-refractivity contribution in [1.29, 1.82) is 0 Å². The van der Waals surface area contributed by atoms with Gasteiger partial charge in [-0.05, 0) is 126 Å². The normalized spacial score (nSPS) is 11.8. The molecule has 0 aliphatic heterocycles. The first-order chi connectivity index (χ1) is 22.7. The Morgan fingerprint density at radius 3 is 1.79 bits per heavy atom. The van der Waals surface area contributed by atoms with Crippen molar-refractivity contribution in [3.05, 3.63) is 149 Å². The predicted molar refractivity (Wildman–Crippen MR) is 208 cm³/mol.